The molecule has 1 aromatic heterocycles. The smallest absolute Gasteiger partial charge is 0.135 e. The van der Waals surface area contributed by atoms with Gasteiger partial charge < -0.3 is 4.42 Å². The van der Waals surface area contributed by atoms with Crippen molar-refractivity contribution in [1.29, 1.82) is 0 Å². The zero-order valence-corrected chi connectivity index (χ0v) is 35.3. The third-order valence-electron chi connectivity index (χ3n) is 15.0. The van der Waals surface area contributed by atoms with Gasteiger partial charge in [-0.05, 0) is 150 Å². The average molecular weight is 823 g/mol. The van der Waals surface area contributed by atoms with Crippen LogP contribution in [0.25, 0.3) is 126 Å². The highest BCUT2D eigenvalue weighted by atomic mass is 16.3. The molecule has 0 spiro atoms. The summed E-state index contributed by atoms with van der Waals surface area (Å²) in [6.45, 7) is 0. The van der Waals surface area contributed by atoms with E-state index in [1.807, 2.05) is 0 Å². The van der Waals surface area contributed by atoms with Gasteiger partial charge in [0.05, 0.1) is 0 Å². The van der Waals surface area contributed by atoms with Crippen LogP contribution in [0.5, 0.6) is 0 Å². The minimum atomic E-state index is 0.116. The third-order valence-corrected chi connectivity index (χ3v) is 15.0. The van der Waals surface area contributed by atoms with Gasteiger partial charge in [0.2, 0.25) is 0 Å². The van der Waals surface area contributed by atoms with E-state index in [1.165, 1.54) is 119 Å². The Morgan fingerprint density at radius 1 is 0.354 bits per heavy atom. The van der Waals surface area contributed by atoms with Gasteiger partial charge in [-0.15, -0.1) is 0 Å². The van der Waals surface area contributed by atoms with Crippen LogP contribution in [0.1, 0.15) is 22.6 Å². The van der Waals surface area contributed by atoms with E-state index < -0.39 is 0 Å². The lowest BCUT2D eigenvalue weighted by molar-refractivity contribution is 0.668. The fourth-order valence-electron chi connectivity index (χ4n) is 12.2. The monoisotopic (exact) mass is 822 g/mol. The summed E-state index contributed by atoms with van der Waals surface area (Å²) in [5.41, 5.74) is 9.55. The summed E-state index contributed by atoms with van der Waals surface area (Å²) in [6.07, 6.45) is 7.38. The molecule has 2 atom stereocenters. The Kier molecular flexibility index (Phi) is 7.12. The molecule has 0 saturated carbocycles. The fraction of sp³-hybridized carbons (Fsp3) is 0.0312. The van der Waals surface area contributed by atoms with E-state index in [-0.39, 0.29) is 11.8 Å². The molecule has 0 fully saturated rings. The van der Waals surface area contributed by atoms with Crippen molar-refractivity contribution in [3.8, 4) is 11.1 Å². The lowest BCUT2D eigenvalue weighted by Crippen LogP contribution is -2.38. The molecule has 12 aromatic carbocycles. The maximum absolute atomic E-state index is 6.69. The minimum absolute atomic E-state index is 0.116. The highest BCUT2D eigenvalue weighted by Crippen LogP contribution is 2.47. The largest absolute Gasteiger partial charge is 0.456 e. The zero-order valence-electron chi connectivity index (χ0n) is 35.3. The molecule has 65 heavy (non-hydrogen) atoms. The molecular weight excluding hydrogens is 785 g/mol. The van der Waals surface area contributed by atoms with Crippen molar-refractivity contribution in [2.24, 2.45) is 5.92 Å². The Morgan fingerprint density at radius 3 is 1.74 bits per heavy atom. The van der Waals surface area contributed by atoms with Gasteiger partial charge in [0.25, 0.3) is 0 Å². The van der Waals surface area contributed by atoms with Crippen molar-refractivity contribution in [2.45, 2.75) is 5.92 Å². The van der Waals surface area contributed by atoms with Crippen molar-refractivity contribution in [1.82, 2.24) is 0 Å². The Bertz CT molecular complexity index is 4420. The van der Waals surface area contributed by atoms with Crippen molar-refractivity contribution >= 4 is 115 Å². The SMILES string of the molecule is C1=CC2C(=c3c(c4ccccc4c4ccccc34)=CC2c2ccc3oc4ccc(-c5cc6c7ccccc7c7ccccc7c6c6c5ccc5ccccc56)cc4c3c2)c2ccccc21. The molecule has 2 aliphatic rings. The molecule has 1 heterocycles. The van der Waals surface area contributed by atoms with Crippen LogP contribution in [0.3, 0.4) is 0 Å². The Balaban J connectivity index is 0.988. The molecule has 2 unspecified atom stereocenters. The maximum atomic E-state index is 6.69. The molecule has 0 aliphatic heterocycles. The van der Waals surface area contributed by atoms with Crippen LogP contribution in [0.4, 0.5) is 0 Å². The summed E-state index contributed by atoms with van der Waals surface area (Å²) in [6, 6.07) is 74.6. The summed E-state index contributed by atoms with van der Waals surface area (Å²) < 4.78 is 6.69. The molecular formula is C64H38O. The normalized spacial score (nSPS) is 15.7. The first kappa shape index (κ1) is 35.2. The lowest BCUT2D eigenvalue weighted by atomic mass is 9.70. The summed E-state index contributed by atoms with van der Waals surface area (Å²) in [7, 11) is 0. The number of fused-ring (bicyclic) bond motifs is 22. The van der Waals surface area contributed by atoms with Gasteiger partial charge >= 0.3 is 0 Å². The highest BCUT2D eigenvalue weighted by molar-refractivity contribution is 6.36. The van der Waals surface area contributed by atoms with Gasteiger partial charge in [0, 0.05) is 22.6 Å². The first-order chi connectivity index (χ1) is 32.2. The minimum Gasteiger partial charge on any atom is -0.456 e. The van der Waals surface area contributed by atoms with E-state index in [9.17, 15) is 0 Å². The van der Waals surface area contributed by atoms with Crippen LogP contribution in [-0.2, 0) is 0 Å². The van der Waals surface area contributed by atoms with Crippen LogP contribution in [0.15, 0.2) is 211 Å². The zero-order chi connectivity index (χ0) is 42.3. The van der Waals surface area contributed by atoms with Gasteiger partial charge in [-0.2, -0.15) is 0 Å². The lowest BCUT2D eigenvalue weighted by Gasteiger charge is -2.33. The van der Waals surface area contributed by atoms with E-state index in [2.05, 4.69) is 218 Å². The standard InChI is InChI=1S/C64H38O/c1-3-15-41-37(13-1)25-29-51-53(35-57-47-21-7-5-17-43(47)45-19-9-11-23-49(45)63(57)61(41)51)39-27-31-59-55(33-39)56-34-40(28-32-60(56)65-59)54-36-58-48-22-8-6-18-44(48)46-20-10-12-24-50(46)64(58)62-42-16-4-2-14-38(42)26-30-52(54)62/h1-36,51,53H. The number of furan rings is 1. The van der Waals surface area contributed by atoms with E-state index in [0.717, 1.165) is 21.9 Å². The van der Waals surface area contributed by atoms with Gasteiger partial charge in [0.1, 0.15) is 11.2 Å². The van der Waals surface area contributed by atoms with E-state index in [4.69, 9.17) is 4.42 Å². The van der Waals surface area contributed by atoms with Crippen molar-refractivity contribution in [3.63, 3.8) is 0 Å². The van der Waals surface area contributed by atoms with Gasteiger partial charge in [-0.1, -0.05) is 188 Å². The first-order valence-electron chi connectivity index (χ1n) is 22.8. The second-order valence-corrected chi connectivity index (χ2v) is 18.2. The molecule has 0 radical (unpaired) electrons. The van der Waals surface area contributed by atoms with E-state index in [0.29, 0.717) is 0 Å². The molecule has 1 heteroatoms. The summed E-state index contributed by atoms with van der Waals surface area (Å²) in [5.74, 6) is 0.280. The van der Waals surface area contributed by atoms with Crippen LogP contribution in [0.2, 0.25) is 0 Å². The number of rotatable bonds is 2. The van der Waals surface area contributed by atoms with Gasteiger partial charge in [-0.3, -0.25) is 0 Å². The maximum Gasteiger partial charge on any atom is 0.135 e. The highest BCUT2D eigenvalue weighted by Gasteiger charge is 2.32. The van der Waals surface area contributed by atoms with Gasteiger partial charge in [-0.25, -0.2) is 0 Å². The van der Waals surface area contributed by atoms with Crippen LogP contribution >= 0.6 is 0 Å². The topological polar surface area (TPSA) is 13.1 Å². The Labute approximate surface area is 374 Å². The molecule has 0 bridgehead atoms. The average Bonchev–Trinajstić information content (AvgIpc) is 3.75. The number of hydrogen-bond acceptors (Lipinski definition) is 1. The Morgan fingerprint density at radius 2 is 0.938 bits per heavy atom. The molecule has 300 valence electrons. The number of benzene rings is 12. The fourth-order valence-corrected chi connectivity index (χ4v) is 12.2. The number of allylic oxidation sites excluding steroid dienone is 1. The Hall–Kier alpha value is -8.26. The predicted molar refractivity (Wildman–Crippen MR) is 276 cm³/mol. The molecule has 0 saturated heterocycles. The quantitative estimate of drug-likeness (QED) is 0.158. The van der Waals surface area contributed by atoms with Crippen LogP contribution in [-0.4, -0.2) is 0 Å². The van der Waals surface area contributed by atoms with Crippen LogP contribution < -0.4 is 10.4 Å². The molecule has 13 aromatic rings. The van der Waals surface area contributed by atoms with Crippen molar-refractivity contribution in [2.75, 3.05) is 0 Å². The molecule has 15 rings (SSSR count). The molecule has 0 N–H and O–H groups in total. The molecule has 2 aliphatic carbocycles. The second kappa shape index (κ2) is 13.1. The van der Waals surface area contributed by atoms with Crippen LogP contribution in [0, 0.1) is 5.92 Å². The second-order valence-electron chi connectivity index (χ2n) is 18.2. The summed E-state index contributed by atoms with van der Waals surface area (Å²) in [4.78, 5) is 0. The number of hydrogen-bond donors (Lipinski definition) is 0. The molecule has 0 amide bonds. The van der Waals surface area contributed by atoms with Crippen molar-refractivity contribution < 1.29 is 4.42 Å². The van der Waals surface area contributed by atoms with Crippen molar-refractivity contribution in [3.05, 3.63) is 233 Å². The first-order valence-corrected chi connectivity index (χ1v) is 22.8. The molecule has 1 nitrogen and oxygen atoms in total. The predicted octanol–water partition coefficient (Wildman–Crippen LogP) is 15.7. The van der Waals surface area contributed by atoms with E-state index >= 15 is 0 Å². The van der Waals surface area contributed by atoms with Gasteiger partial charge in [0.15, 0.2) is 0 Å². The van der Waals surface area contributed by atoms with E-state index in [1.54, 1.807) is 0 Å². The summed E-state index contributed by atoms with van der Waals surface area (Å²) in [5, 5.41) is 23.0. The third kappa shape index (κ3) is 4.87. The summed E-state index contributed by atoms with van der Waals surface area (Å²) >= 11 is 0.